The van der Waals surface area contributed by atoms with Gasteiger partial charge in [-0.3, -0.25) is 4.79 Å². The van der Waals surface area contributed by atoms with Crippen molar-refractivity contribution in [2.45, 2.75) is 31.6 Å². The van der Waals surface area contributed by atoms with Crippen molar-refractivity contribution in [1.82, 2.24) is 9.97 Å². The summed E-state index contributed by atoms with van der Waals surface area (Å²) >= 11 is 0. The predicted molar refractivity (Wildman–Crippen MR) is 68.4 cm³/mol. The number of aromatic amines is 1. The van der Waals surface area contributed by atoms with E-state index < -0.39 is 5.97 Å². The van der Waals surface area contributed by atoms with Gasteiger partial charge in [0.1, 0.15) is 5.82 Å². The number of nitrogens with zero attached hydrogens (tertiary/aromatic N) is 1. The summed E-state index contributed by atoms with van der Waals surface area (Å²) in [7, 11) is 0. The molecule has 0 radical (unpaired) electrons. The van der Waals surface area contributed by atoms with Gasteiger partial charge in [0.15, 0.2) is 0 Å². The number of hydrogen-bond acceptors (Lipinski definition) is 2. The molecule has 18 heavy (non-hydrogen) atoms. The Hall–Kier alpha value is -1.84. The van der Waals surface area contributed by atoms with Crippen LogP contribution in [-0.4, -0.2) is 21.0 Å². The van der Waals surface area contributed by atoms with Gasteiger partial charge in [0, 0.05) is 5.92 Å². The number of benzene rings is 1. The number of carboxylic acid groups (broad SMARTS) is 1. The smallest absolute Gasteiger partial charge is 0.307 e. The van der Waals surface area contributed by atoms with Crippen molar-refractivity contribution in [3.63, 3.8) is 0 Å². The van der Waals surface area contributed by atoms with Gasteiger partial charge in [0.25, 0.3) is 0 Å². The maximum absolute atomic E-state index is 11.3. The van der Waals surface area contributed by atoms with Crippen LogP contribution in [0.5, 0.6) is 0 Å². The second-order valence-corrected chi connectivity index (χ2v) is 4.97. The molecule has 1 aromatic carbocycles. The molecule has 2 aromatic rings. The van der Waals surface area contributed by atoms with E-state index >= 15 is 0 Å². The monoisotopic (exact) mass is 244 g/mol. The second-order valence-electron chi connectivity index (χ2n) is 4.97. The van der Waals surface area contributed by atoms with Crippen LogP contribution in [0.1, 0.15) is 37.4 Å². The van der Waals surface area contributed by atoms with Crippen LogP contribution in [0.15, 0.2) is 24.3 Å². The molecule has 0 spiro atoms. The van der Waals surface area contributed by atoms with E-state index in [9.17, 15) is 9.90 Å². The molecule has 4 nitrogen and oxygen atoms in total. The Morgan fingerprint density at radius 2 is 2.06 bits per heavy atom. The van der Waals surface area contributed by atoms with Crippen LogP contribution >= 0.6 is 0 Å². The molecule has 0 bridgehead atoms. The number of imidazole rings is 1. The number of fused-ring (bicyclic) bond motifs is 1. The van der Waals surface area contributed by atoms with Crippen LogP contribution in [0.2, 0.25) is 0 Å². The van der Waals surface area contributed by atoms with E-state index in [0.29, 0.717) is 0 Å². The number of aliphatic carboxylic acids is 1. The lowest BCUT2D eigenvalue weighted by Crippen LogP contribution is -2.26. The Bertz CT molecular complexity index is 543. The fourth-order valence-corrected chi connectivity index (χ4v) is 2.90. The normalized spacial score (nSPS) is 24.2. The number of rotatable bonds is 2. The Morgan fingerprint density at radius 3 is 2.83 bits per heavy atom. The van der Waals surface area contributed by atoms with Gasteiger partial charge in [-0.1, -0.05) is 25.0 Å². The molecule has 94 valence electrons. The van der Waals surface area contributed by atoms with E-state index in [1.807, 2.05) is 24.3 Å². The standard InChI is InChI=1S/C14H16N2O2/c17-14(18)10-6-2-1-5-9(10)13-15-11-7-3-4-8-12(11)16-13/h3-4,7-10H,1-2,5-6H2,(H,15,16)(H,17,18)/t9-,10+/m0/s1. The summed E-state index contributed by atoms with van der Waals surface area (Å²) < 4.78 is 0. The molecular formula is C14H16N2O2. The third kappa shape index (κ3) is 1.88. The van der Waals surface area contributed by atoms with Gasteiger partial charge in [-0.25, -0.2) is 4.98 Å². The average molecular weight is 244 g/mol. The van der Waals surface area contributed by atoms with Gasteiger partial charge >= 0.3 is 5.97 Å². The first-order chi connectivity index (χ1) is 8.75. The largest absolute Gasteiger partial charge is 0.481 e. The van der Waals surface area contributed by atoms with Gasteiger partial charge in [-0.15, -0.1) is 0 Å². The Labute approximate surface area is 105 Å². The lowest BCUT2D eigenvalue weighted by atomic mass is 9.79. The van der Waals surface area contributed by atoms with Crippen molar-refractivity contribution < 1.29 is 9.90 Å². The van der Waals surface area contributed by atoms with Crippen LogP contribution in [0.3, 0.4) is 0 Å². The number of nitrogens with one attached hydrogen (secondary N) is 1. The fraction of sp³-hybridized carbons (Fsp3) is 0.429. The molecular weight excluding hydrogens is 228 g/mol. The van der Waals surface area contributed by atoms with Gasteiger partial charge in [-0.2, -0.15) is 0 Å². The third-order valence-corrected chi connectivity index (χ3v) is 3.84. The Balaban J connectivity index is 1.98. The van der Waals surface area contributed by atoms with Crippen molar-refractivity contribution in [3.05, 3.63) is 30.1 Å². The van der Waals surface area contributed by atoms with Crippen LogP contribution in [0.4, 0.5) is 0 Å². The Kier molecular flexibility index (Phi) is 2.78. The Morgan fingerprint density at radius 1 is 1.28 bits per heavy atom. The third-order valence-electron chi connectivity index (χ3n) is 3.84. The summed E-state index contributed by atoms with van der Waals surface area (Å²) in [5.74, 6) is -0.119. The lowest BCUT2D eigenvalue weighted by molar-refractivity contribution is -0.143. The molecule has 1 heterocycles. The van der Waals surface area contributed by atoms with E-state index in [2.05, 4.69) is 9.97 Å². The molecule has 1 aliphatic rings. The van der Waals surface area contributed by atoms with Crippen molar-refractivity contribution in [1.29, 1.82) is 0 Å². The summed E-state index contributed by atoms with van der Waals surface area (Å²) in [5.41, 5.74) is 1.91. The number of para-hydroxylation sites is 2. The molecule has 1 aliphatic carbocycles. The highest BCUT2D eigenvalue weighted by Crippen LogP contribution is 2.37. The van der Waals surface area contributed by atoms with E-state index in [1.165, 1.54) is 0 Å². The first-order valence-electron chi connectivity index (χ1n) is 6.43. The van der Waals surface area contributed by atoms with Crippen molar-refractivity contribution in [3.8, 4) is 0 Å². The fourth-order valence-electron chi connectivity index (χ4n) is 2.90. The highest BCUT2D eigenvalue weighted by molar-refractivity contribution is 5.76. The minimum Gasteiger partial charge on any atom is -0.481 e. The average Bonchev–Trinajstić information content (AvgIpc) is 2.82. The summed E-state index contributed by atoms with van der Waals surface area (Å²) in [6.07, 6.45) is 3.77. The molecule has 2 N–H and O–H groups in total. The SMILES string of the molecule is O=C(O)[C@@H]1CCCC[C@@H]1c1nc2ccccc2[nH]1. The highest BCUT2D eigenvalue weighted by atomic mass is 16.4. The molecule has 3 rings (SSSR count). The predicted octanol–water partition coefficient (Wildman–Crippen LogP) is 2.92. The van der Waals surface area contributed by atoms with Crippen LogP contribution < -0.4 is 0 Å². The highest BCUT2D eigenvalue weighted by Gasteiger charge is 2.33. The maximum Gasteiger partial charge on any atom is 0.307 e. The van der Waals surface area contributed by atoms with E-state index in [4.69, 9.17) is 0 Å². The zero-order valence-electron chi connectivity index (χ0n) is 10.1. The van der Waals surface area contributed by atoms with E-state index in [-0.39, 0.29) is 11.8 Å². The number of H-pyrrole nitrogens is 1. The van der Waals surface area contributed by atoms with E-state index in [1.54, 1.807) is 0 Å². The van der Waals surface area contributed by atoms with Crippen molar-refractivity contribution in [2.75, 3.05) is 0 Å². The van der Waals surface area contributed by atoms with Crippen LogP contribution in [-0.2, 0) is 4.79 Å². The molecule has 2 atom stereocenters. The lowest BCUT2D eigenvalue weighted by Gasteiger charge is -2.26. The number of carbonyl (C=O) groups is 1. The first-order valence-corrected chi connectivity index (χ1v) is 6.43. The van der Waals surface area contributed by atoms with Crippen LogP contribution in [0, 0.1) is 5.92 Å². The topological polar surface area (TPSA) is 66.0 Å². The van der Waals surface area contributed by atoms with Gasteiger partial charge in [0.2, 0.25) is 0 Å². The van der Waals surface area contributed by atoms with E-state index in [0.717, 1.165) is 42.5 Å². The first kappa shape index (κ1) is 11.3. The summed E-state index contributed by atoms with van der Waals surface area (Å²) in [5, 5.41) is 9.30. The molecule has 0 saturated heterocycles. The maximum atomic E-state index is 11.3. The second kappa shape index (κ2) is 4.44. The van der Waals surface area contributed by atoms with Crippen molar-refractivity contribution in [2.24, 2.45) is 5.92 Å². The summed E-state index contributed by atoms with van der Waals surface area (Å²) in [6.45, 7) is 0. The molecule has 0 aliphatic heterocycles. The van der Waals surface area contributed by atoms with Gasteiger partial charge in [-0.05, 0) is 25.0 Å². The summed E-state index contributed by atoms with van der Waals surface area (Å²) in [4.78, 5) is 19.1. The van der Waals surface area contributed by atoms with Gasteiger partial charge in [0.05, 0.1) is 17.0 Å². The molecule has 0 amide bonds. The quantitative estimate of drug-likeness (QED) is 0.853. The molecule has 1 saturated carbocycles. The minimum absolute atomic E-state index is 0.0312. The molecule has 0 unspecified atom stereocenters. The number of carboxylic acids is 1. The number of hydrogen-bond donors (Lipinski definition) is 2. The minimum atomic E-state index is -0.694. The van der Waals surface area contributed by atoms with Crippen LogP contribution in [0.25, 0.3) is 11.0 Å². The molecule has 1 aromatic heterocycles. The zero-order valence-corrected chi connectivity index (χ0v) is 10.1. The molecule has 1 fully saturated rings. The van der Waals surface area contributed by atoms with Gasteiger partial charge < -0.3 is 10.1 Å². The van der Waals surface area contributed by atoms with Crippen molar-refractivity contribution >= 4 is 17.0 Å². The molecule has 4 heteroatoms. The summed E-state index contributed by atoms with van der Waals surface area (Å²) in [6, 6.07) is 7.83. The number of aromatic nitrogens is 2. The zero-order chi connectivity index (χ0) is 12.5.